The van der Waals surface area contributed by atoms with Crippen LogP contribution in [-0.2, 0) is 30.9 Å². The van der Waals surface area contributed by atoms with E-state index < -0.39 is 76.2 Å². The first-order chi connectivity index (χ1) is 14.5. The van der Waals surface area contributed by atoms with Gasteiger partial charge in [0.25, 0.3) is 0 Å². The summed E-state index contributed by atoms with van der Waals surface area (Å²) in [6.45, 7) is 0. The van der Waals surface area contributed by atoms with Gasteiger partial charge in [0, 0.05) is 6.20 Å². The zero-order valence-corrected chi connectivity index (χ0v) is 14.6. The zero-order chi connectivity index (χ0) is 26.4. The summed E-state index contributed by atoms with van der Waals surface area (Å²) in [6.07, 6.45) is -34.8. The molecule has 0 aromatic heterocycles. The van der Waals surface area contributed by atoms with Crippen molar-refractivity contribution in [3.05, 3.63) is 39.6 Å². The number of hydrogen-bond donors (Lipinski definition) is 1. The number of alkyl halides is 15. The summed E-state index contributed by atoms with van der Waals surface area (Å²) < 4.78 is 200. The number of benzene rings is 1. The number of allylic oxidation sites excluding steroid dienone is 1. The van der Waals surface area contributed by atoms with E-state index in [1.807, 2.05) is 0 Å². The maximum Gasteiger partial charge on any atom is 0.419 e. The predicted octanol–water partition coefficient (Wildman–Crippen LogP) is 7.12. The molecule has 0 aliphatic carbocycles. The van der Waals surface area contributed by atoms with Crippen LogP contribution in [-0.4, -0.2) is 0 Å². The average Bonchev–Trinajstić information content (AvgIpc) is 2.56. The van der Waals surface area contributed by atoms with Crippen molar-refractivity contribution in [2.45, 2.75) is 30.9 Å². The molecule has 0 amide bonds. The molecule has 33 heavy (non-hydrogen) atoms. The van der Waals surface area contributed by atoms with Crippen LogP contribution in [0.3, 0.4) is 0 Å². The van der Waals surface area contributed by atoms with Crippen LogP contribution in [0.25, 0.3) is 0 Å². The number of anilines is 1. The van der Waals surface area contributed by atoms with Crippen molar-refractivity contribution in [1.82, 2.24) is 0 Å². The molecule has 0 unspecified atom stereocenters. The summed E-state index contributed by atoms with van der Waals surface area (Å²) in [7, 11) is 0. The Labute approximate surface area is 171 Å². The van der Waals surface area contributed by atoms with E-state index in [0.29, 0.717) is 5.32 Å². The molecule has 0 radical (unpaired) electrons. The number of hydrogen-bond acceptors (Lipinski definition) is 3. The van der Waals surface area contributed by atoms with Gasteiger partial charge >= 0.3 is 30.9 Å². The molecule has 1 aromatic rings. The quantitative estimate of drug-likeness (QED) is 0.341. The molecule has 1 N–H and O–H groups in total. The molecule has 0 fully saturated rings. The predicted molar refractivity (Wildman–Crippen MR) is 74.4 cm³/mol. The Morgan fingerprint density at radius 2 is 0.758 bits per heavy atom. The van der Waals surface area contributed by atoms with E-state index in [1.54, 1.807) is 0 Å². The van der Waals surface area contributed by atoms with Gasteiger partial charge in [-0.1, -0.05) is 0 Å². The molecule has 0 saturated carbocycles. The van der Waals surface area contributed by atoms with E-state index >= 15 is 0 Å². The molecule has 0 saturated heterocycles. The Bertz CT molecular complexity index is 965. The van der Waals surface area contributed by atoms with Crippen LogP contribution in [0, 0.1) is 22.7 Å². The van der Waals surface area contributed by atoms with Crippen LogP contribution in [0.1, 0.15) is 27.8 Å². The van der Waals surface area contributed by atoms with Gasteiger partial charge in [0.15, 0.2) is 0 Å². The third-order valence-electron chi connectivity index (χ3n) is 3.52. The number of rotatable bonds is 2. The summed E-state index contributed by atoms with van der Waals surface area (Å²) in [6, 6.07) is 1.63. The first-order valence-corrected chi connectivity index (χ1v) is 7.36. The van der Waals surface area contributed by atoms with Crippen molar-refractivity contribution >= 4 is 5.69 Å². The van der Waals surface area contributed by atoms with E-state index in [1.165, 1.54) is 0 Å². The van der Waals surface area contributed by atoms with Gasteiger partial charge in [-0.25, -0.2) is 0 Å². The largest absolute Gasteiger partial charge is 0.419 e. The minimum atomic E-state index is -7.01. The standard InChI is InChI=1S/C15H2F15N3/c16-11(17,18)5-6(12(19,20)21)8(14(25,26)27)10(33-3-4(1-31)2-32)9(15(28,29)30)7(5)13(22,23)24/h3,33H. The molecule has 0 bridgehead atoms. The molecule has 0 spiro atoms. The summed E-state index contributed by atoms with van der Waals surface area (Å²) in [5.41, 5.74) is -24.7. The number of nitrogens with zero attached hydrogens (tertiary/aromatic N) is 2. The molecule has 0 aliphatic rings. The normalized spacial score (nSPS) is 13.2. The van der Waals surface area contributed by atoms with Crippen LogP contribution >= 0.6 is 0 Å². The van der Waals surface area contributed by atoms with E-state index in [4.69, 9.17) is 10.5 Å². The molecule has 1 aromatic carbocycles. The minimum absolute atomic E-state index is 0.437. The van der Waals surface area contributed by atoms with Crippen molar-refractivity contribution < 1.29 is 65.9 Å². The third-order valence-corrected chi connectivity index (χ3v) is 3.52. The highest BCUT2D eigenvalue weighted by molar-refractivity contribution is 5.71. The molecule has 18 heteroatoms. The number of nitriles is 2. The highest BCUT2D eigenvalue weighted by Crippen LogP contribution is 2.58. The van der Waals surface area contributed by atoms with Crippen molar-refractivity contribution in [2.24, 2.45) is 0 Å². The second kappa shape index (κ2) is 8.23. The Hall–Kier alpha value is -3.31. The lowest BCUT2D eigenvalue weighted by atomic mass is 9.87. The lowest BCUT2D eigenvalue weighted by molar-refractivity contribution is -0.188. The molecule has 0 atom stereocenters. The Morgan fingerprint density at radius 1 is 0.515 bits per heavy atom. The molecular weight excluding hydrogens is 507 g/mol. The fraction of sp³-hybridized carbons (Fsp3) is 0.333. The molecule has 1 rings (SSSR count). The first-order valence-electron chi connectivity index (χ1n) is 7.36. The van der Waals surface area contributed by atoms with Gasteiger partial charge in [0.2, 0.25) is 0 Å². The third kappa shape index (κ3) is 5.74. The molecule has 0 heterocycles. The van der Waals surface area contributed by atoms with Gasteiger partial charge in [-0.2, -0.15) is 76.4 Å². The number of nitrogens with one attached hydrogen (secondary N) is 1. The monoisotopic (exact) mass is 509 g/mol. The lowest BCUT2D eigenvalue weighted by Gasteiger charge is -2.30. The van der Waals surface area contributed by atoms with Gasteiger partial charge in [0.05, 0.1) is 33.5 Å². The summed E-state index contributed by atoms with van der Waals surface area (Å²) in [4.78, 5) is 0. The summed E-state index contributed by atoms with van der Waals surface area (Å²) in [5.74, 6) is 0. The van der Waals surface area contributed by atoms with E-state index in [2.05, 4.69) is 0 Å². The van der Waals surface area contributed by atoms with Crippen LogP contribution < -0.4 is 5.32 Å². The molecule has 3 nitrogen and oxygen atoms in total. The zero-order valence-electron chi connectivity index (χ0n) is 14.6. The summed E-state index contributed by atoms with van der Waals surface area (Å²) >= 11 is 0. The highest BCUT2D eigenvalue weighted by Gasteiger charge is 2.60. The SMILES string of the molecule is N#CC(C#N)=CNc1c(C(F)(F)F)c(C(F)(F)F)c(C(F)(F)F)c(C(F)(F)F)c1C(F)(F)F. The van der Waals surface area contributed by atoms with Crippen LogP contribution in [0.15, 0.2) is 11.8 Å². The van der Waals surface area contributed by atoms with Gasteiger partial charge in [0.1, 0.15) is 17.7 Å². The highest BCUT2D eigenvalue weighted by atomic mass is 19.4. The minimum Gasteiger partial charge on any atom is -0.359 e. The topological polar surface area (TPSA) is 59.6 Å². The maximum atomic E-state index is 13.4. The van der Waals surface area contributed by atoms with Crippen LogP contribution in [0.5, 0.6) is 0 Å². The summed E-state index contributed by atoms with van der Waals surface area (Å²) in [5, 5.41) is 17.6. The number of halogens is 15. The average molecular weight is 509 g/mol. The smallest absolute Gasteiger partial charge is 0.359 e. The van der Waals surface area contributed by atoms with Crippen LogP contribution in [0.2, 0.25) is 0 Å². The Morgan fingerprint density at radius 3 is 0.970 bits per heavy atom. The fourth-order valence-corrected chi connectivity index (χ4v) is 2.55. The second-order valence-electron chi connectivity index (χ2n) is 5.66. The van der Waals surface area contributed by atoms with Crippen molar-refractivity contribution in [1.29, 1.82) is 10.5 Å². The van der Waals surface area contributed by atoms with E-state index in [9.17, 15) is 65.9 Å². The van der Waals surface area contributed by atoms with Crippen LogP contribution in [0.4, 0.5) is 71.5 Å². The van der Waals surface area contributed by atoms with Crippen molar-refractivity contribution in [3.63, 3.8) is 0 Å². The fourth-order valence-electron chi connectivity index (χ4n) is 2.55. The van der Waals surface area contributed by atoms with Gasteiger partial charge in [-0.15, -0.1) is 0 Å². The van der Waals surface area contributed by atoms with E-state index in [0.717, 1.165) is 12.1 Å². The van der Waals surface area contributed by atoms with Gasteiger partial charge in [-0.3, -0.25) is 0 Å². The molecule has 182 valence electrons. The van der Waals surface area contributed by atoms with E-state index in [-0.39, 0.29) is 0 Å². The second-order valence-corrected chi connectivity index (χ2v) is 5.66. The van der Waals surface area contributed by atoms with Gasteiger partial charge in [-0.05, 0) is 0 Å². The molecule has 0 aliphatic heterocycles. The van der Waals surface area contributed by atoms with Crippen molar-refractivity contribution in [2.75, 3.05) is 5.32 Å². The first kappa shape index (κ1) is 27.7. The molecular formula is C15H2F15N3. The lowest BCUT2D eigenvalue weighted by Crippen LogP contribution is -2.32. The Kier molecular flexibility index (Phi) is 6.92. The maximum absolute atomic E-state index is 13.4. The van der Waals surface area contributed by atoms with Crippen molar-refractivity contribution in [3.8, 4) is 12.1 Å². The Balaban J connectivity index is 4.73. The van der Waals surface area contributed by atoms with Gasteiger partial charge < -0.3 is 5.32 Å².